The zero-order chi connectivity index (χ0) is 20.2. The number of benzene rings is 1. The zero-order valence-electron chi connectivity index (χ0n) is 18.4. The van der Waals surface area contributed by atoms with Crippen LogP contribution in [0.1, 0.15) is 77.2 Å². The predicted octanol–water partition coefficient (Wildman–Crippen LogP) is 6.69. The van der Waals surface area contributed by atoms with Gasteiger partial charge in [0.2, 0.25) is 0 Å². The summed E-state index contributed by atoms with van der Waals surface area (Å²) in [7, 11) is 1.69. The number of hydrogen-bond acceptors (Lipinski definition) is 2. The summed E-state index contributed by atoms with van der Waals surface area (Å²) in [6.07, 6.45) is 14.0. The van der Waals surface area contributed by atoms with Gasteiger partial charge in [0.15, 0.2) is 5.78 Å². The minimum absolute atomic E-state index is 0.128. The van der Waals surface area contributed by atoms with Crippen LogP contribution < -0.4 is 4.74 Å². The first-order valence-electron chi connectivity index (χ1n) is 11.8. The summed E-state index contributed by atoms with van der Waals surface area (Å²) in [5, 5.41) is 0. The van der Waals surface area contributed by atoms with Crippen molar-refractivity contribution in [2.24, 2.45) is 34.5 Å². The summed E-state index contributed by atoms with van der Waals surface area (Å²) in [4.78, 5) is 13.5. The van der Waals surface area contributed by atoms with Crippen LogP contribution in [0.5, 0.6) is 5.75 Å². The highest BCUT2D eigenvalue weighted by Gasteiger charge is 2.60. The van der Waals surface area contributed by atoms with Gasteiger partial charge in [-0.1, -0.05) is 38.8 Å². The third-order valence-corrected chi connectivity index (χ3v) is 9.68. The quantitative estimate of drug-likeness (QED) is 0.524. The molecule has 156 valence electrons. The molecular weight excluding hydrogens is 356 g/mol. The second-order valence-corrected chi connectivity index (χ2v) is 10.8. The summed E-state index contributed by atoms with van der Waals surface area (Å²) < 4.78 is 5.28. The number of hydrogen-bond donors (Lipinski definition) is 0. The van der Waals surface area contributed by atoms with Gasteiger partial charge in [0, 0.05) is 5.41 Å². The lowest BCUT2D eigenvalue weighted by Gasteiger charge is -2.59. The lowest BCUT2D eigenvalue weighted by Crippen LogP contribution is -2.52. The van der Waals surface area contributed by atoms with E-state index in [-0.39, 0.29) is 5.41 Å². The van der Waals surface area contributed by atoms with Crippen LogP contribution in [-0.2, 0) is 4.79 Å². The first-order chi connectivity index (χ1) is 14.0. The van der Waals surface area contributed by atoms with Crippen molar-refractivity contribution in [3.05, 3.63) is 35.4 Å². The lowest BCUT2D eigenvalue weighted by atomic mass is 9.45. The Balaban J connectivity index is 1.43. The molecule has 1 aromatic carbocycles. The van der Waals surface area contributed by atoms with Gasteiger partial charge in [-0.15, -0.1) is 0 Å². The van der Waals surface area contributed by atoms with E-state index in [1.54, 1.807) is 7.11 Å². The molecule has 5 rings (SSSR count). The molecule has 0 heterocycles. The van der Waals surface area contributed by atoms with Crippen molar-refractivity contribution in [2.45, 2.75) is 71.6 Å². The third kappa shape index (κ3) is 2.93. The molecule has 4 fully saturated rings. The molecule has 0 aliphatic heterocycles. The molecule has 0 N–H and O–H groups in total. The van der Waals surface area contributed by atoms with E-state index in [4.69, 9.17) is 4.74 Å². The minimum atomic E-state index is -0.128. The number of Topliss-reactive ketones (excluding diaryl/α,β-unsaturated/α-hetero) is 1. The van der Waals surface area contributed by atoms with E-state index in [0.717, 1.165) is 47.5 Å². The van der Waals surface area contributed by atoms with Crippen LogP contribution in [0.3, 0.4) is 0 Å². The molecule has 0 unspecified atom stereocenters. The number of methoxy groups -OCH3 is 1. The molecule has 1 aromatic rings. The maximum absolute atomic E-state index is 13.5. The van der Waals surface area contributed by atoms with Gasteiger partial charge in [-0.3, -0.25) is 4.79 Å². The van der Waals surface area contributed by atoms with E-state index in [9.17, 15) is 4.79 Å². The molecule has 2 heteroatoms. The fourth-order valence-electron chi connectivity index (χ4n) is 8.00. The van der Waals surface area contributed by atoms with E-state index in [2.05, 4.69) is 32.1 Å². The SMILES string of the molecule is COc1ccc(/C=C2\C[C@@H]3[C@@H]4CC[C@@H]5CCCC[C@]5(C)[C@@H]4CC[C@]3(C)C2=O)cc1. The van der Waals surface area contributed by atoms with E-state index < -0.39 is 0 Å². The monoisotopic (exact) mass is 392 g/mol. The normalized spacial score (nSPS) is 42.9. The maximum Gasteiger partial charge on any atom is 0.165 e. The Bertz CT molecular complexity index is 821. The Labute approximate surface area is 176 Å². The van der Waals surface area contributed by atoms with Crippen LogP contribution >= 0.6 is 0 Å². The van der Waals surface area contributed by atoms with Crippen molar-refractivity contribution in [3.63, 3.8) is 0 Å². The first kappa shape index (κ1) is 19.4. The van der Waals surface area contributed by atoms with Crippen LogP contribution in [0, 0.1) is 34.5 Å². The number of carbonyl (C=O) groups excluding carboxylic acids is 1. The summed E-state index contributed by atoms with van der Waals surface area (Å²) >= 11 is 0. The average molecular weight is 393 g/mol. The predicted molar refractivity (Wildman–Crippen MR) is 118 cm³/mol. The van der Waals surface area contributed by atoms with Crippen LogP contribution in [-0.4, -0.2) is 12.9 Å². The highest BCUT2D eigenvalue weighted by Crippen LogP contribution is 2.66. The van der Waals surface area contributed by atoms with Crippen LogP contribution in [0.2, 0.25) is 0 Å². The zero-order valence-corrected chi connectivity index (χ0v) is 18.4. The van der Waals surface area contributed by atoms with Crippen molar-refractivity contribution in [3.8, 4) is 5.75 Å². The third-order valence-electron chi connectivity index (χ3n) is 9.68. The molecule has 2 nitrogen and oxygen atoms in total. The molecule has 0 aromatic heterocycles. The number of ketones is 1. The smallest absolute Gasteiger partial charge is 0.165 e. The molecule has 4 aliphatic carbocycles. The van der Waals surface area contributed by atoms with Crippen LogP contribution in [0.4, 0.5) is 0 Å². The number of fused-ring (bicyclic) bond motifs is 5. The van der Waals surface area contributed by atoms with Crippen molar-refractivity contribution in [2.75, 3.05) is 7.11 Å². The van der Waals surface area contributed by atoms with Gasteiger partial charge in [0.1, 0.15) is 5.75 Å². The maximum atomic E-state index is 13.5. The molecule has 6 atom stereocenters. The topological polar surface area (TPSA) is 26.3 Å². The van der Waals surface area contributed by atoms with Gasteiger partial charge < -0.3 is 4.74 Å². The van der Waals surface area contributed by atoms with Crippen molar-refractivity contribution >= 4 is 11.9 Å². The lowest BCUT2D eigenvalue weighted by molar-refractivity contribution is -0.137. The number of allylic oxidation sites excluding steroid dienone is 1. The molecule has 0 amide bonds. The van der Waals surface area contributed by atoms with Gasteiger partial charge >= 0.3 is 0 Å². The Kier molecular flexibility index (Phi) is 4.68. The number of rotatable bonds is 2. The van der Waals surface area contributed by atoms with Gasteiger partial charge in [0.25, 0.3) is 0 Å². The Morgan fingerprint density at radius 1 is 0.966 bits per heavy atom. The average Bonchev–Trinajstić information content (AvgIpc) is 2.99. The molecule has 4 saturated carbocycles. The second-order valence-electron chi connectivity index (χ2n) is 10.8. The van der Waals surface area contributed by atoms with Crippen LogP contribution in [0.25, 0.3) is 6.08 Å². The number of carbonyl (C=O) groups is 1. The van der Waals surface area contributed by atoms with E-state index in [1.165, 1.54) is 44.9 Å². The van der Waals surface area contributed by atoms with Crippen LogP contribution in [0.15, 0.2) is 29.8 Å². The standard InChI is InChI=1S/C27H36O2/c1-26-14-5-4-6-20(26)9-12-22-23(26)13-15-27(2)24(22)17-19(25(27)28)16-18-7-10-21(29-3)11-8-18/h7-8,10-11,16,20,22-24H,4-6,9,12-15,17H2,1-3H3/b19-16+/t20-,22+,23+,24+,26-,27-/m0/s1. The second kappa shape index (κ2) is 7.00. The molecule has 29 heavy (non-hydrogen) atoms. The van der Waals surface area contributed by atoms with Gasteiger partial charge in [-0.25, -0.2) is 0 Å². The van der Waals surface area contributed by atoms with E-state index in [1.807, 2.05) is 12.1 Å². The van der Waals surface area contributed by atoms with E-state index in [0.29, 0.717) is 17.1 Å². The summed E-state index contributed by atoms with van der Waals surface area (Å²) in [6.45, 7) is 4.90. The van der Waals surface area contributed by atoms with Crippen molar-refractivity contribution in [1.29, 1.82) is 0 Å². The fourth-order valence-corrected chi connectivity index (χ4v) is 8.00. The van der Waals surface area contributed by atoms with Crippen molar-refractivity contribution in [1.82, 2.24) is 0 Å². The summed E-state index contributed by atoms with van der Waals surface area (Å²) in [5.41, 5.74) is 2.60. The molecule has 0 spiro atoms. The van der Waals surface area contributed by atoms with Gasteiger partial charge in [0.05, 0.1) is 7.11 Å². The van der Waals surface area contributed by atoms with E-state index >= 15 is 0 Å². The summed E-state index contributed by atoms with van der Waals surface area (Å²) in [6, 6.07) is 8.12. The fraction of sp³-hybridized carbons (Fsp3) is 0.667. The number of ether oxygens (including phenoxy) is 1. The largest absolute Gasteiger partial charge is 0.497 e. The van der Waals surface area contributed by atoms with Gasteiger partial charge in [-0.05, 0) is 103 Å². The van der Waals surface area contributed by atoms with Gasteiger partial charge in [-0.2, -0.15) is 0 Å². The Morgan fingerprint density at radius 2 is 1.76 bits per heavy atom. The molecule has 0 saturated heterocycles. The first-order valence-corrected chi connectivity index (χ1v) is 11.8. The minimum Gasteiger partial charge on any atom is -0.497 e. The molecular formula is C27H36O2. The highest BCUT2D eigenvalue weighted by atomic mass is 16.5. The summed E-state index contributed by atoms with van der Waals surface area (Å²) in [5.74, 6) is 4.39. The molecule has 0 bridgehead atoms. The Hall–Kier alpha value is -1.57. The Morgan fingerprint density at radius 3 is 2.52 bits per heavy atom. The van der Waals surface area contributed by atoms with Crippen molar-refractivity contribution < 1.29 is 9.53 Å². The molecule has 0 radical (unpaired) electrons. The highest BCUT2D eigenvalue weighted by molar-refractivity contribution is 6.05. The molecule has 4 aliphatic rings.